The largest absolute Gasteiger partial charge is 0.371 e. The Hall–Kier alpha value is -2.42. The van der Waals surface area contributed by atoms with Crippen molar-refractivity contribution in [1.82, 2.24) is 0 Å². The maximum Gasteiger partial charge on any atom is 0.191 e. The molecule has 1 aromatic carbocycles. The second-order valence-electron chi connectivity index (χ2n) is 5.93. The van der Waals surface area contributed by atoms with E-state index in [0.29, 0.717) is 0 Å². The Kier molecular flexibility index (Phi) is 4.86. The van der Waals surface area contributed by atoms with Crippen LogP contribution in [0.25, 0.3) is 6.20 Å². The van der Waals surface area contributed by atoms with Crippen molar-refractivity contribution >= 4 is 17.7 Å². The van der Waals surface area contributed by atoms with Gasteiger partial charge in [0.2, 0.25) is 0 Å². The van der Waals surface area contributed by atoms with E-state index in [0.717, 1.165) is 25.1 Å². The van der Waals surface area contributed by atoms with Gasteiger partial charge >= 0.3 is 0 Å². The van der Waals surface area contributed by atoms with Crippen LogP contribution in [0.15, 0.2) is 54.9 Å². The van der Waals surface area contributed by atoms with Gasteiger partial charge in [-0.15, -0.1) is 0 Å². The predicted octanol–water partition coefficient (Wildman–Crippen LogP) is 3.49. The summed E-state index contributed by atoms with van der Waals surface area (Å²) in [5, 5.41) is 0. The summed E-state index contributed by atoms with van der Waals surface area (Å²) in [7, 11) is 0. The van der Waals surface area contributed by atoms with Gasteiger partial charge in [-0.25, -0.2) is 0 Å². The third kappa shape index (κ3) is 3.86. The fourth-order valence-electron chi connectivity index (χ4n) is 2.87. The molecule has 1 aliphatic heterocycles. The summed E-state index contributed by atoms with van der Waals surface area (Å²) in [5.74, 6) is 0.0313. The number of carbonyl (C=O) groups excluding carboxylic acids is 1. The molecule has 1 fully saturated rings. The average molecular weight is 307 g/mol. The van der Waals surface area contributed by atoms with Gasteiger partial charge in [0.05, 0.1) is 6.08 Å². The van der Waals surface area contributed by atoms with Crippen LogP contribution in [-0.2, 0) is 6.42 Å². The van der Waals surface area contributed by atoms with Crippen LogP contribution in [0.4, 0.5) is 5.69 Å². The highest BCUT2D eigenvalue weighted by Gasteiger charge is 2.13. The number of rotatable bonds is 5. The molecule has 0 aliphatic carbocycles. The molecular formula is C20H23N2O+. The van der Waals surface area contributed by atoms with Gasteiger partial charge in [-0.3, -0.25) is 4.79 Å². The van der Waals surface area contributed by atoms with Crippen molar-refractivity contribution in [2.24, 2.45) is 0 Å². The summed E-state index contributed by atoms with van der Waals surface area (Å²) < 4.78 is 1.91. The maximum atomic E-state index is 12.2. The summed E-state index contributed by atoms with van der Waals surface area (Å²) >= 11 is 0. The van der Waals surface area contributed by atoms with Crippen LogP contribution in [0.3, 0.4) is 0 Å². The molecule has 0 amide bonds. The Balaban J connectivity index is 1.65. The zero-order chi connectivity index (χ0) is 16.1. The first kappa shape index (κ1) is 15.5. The van der Waals surface area contributed by atoms with E-state index in [1.54, 1.807) is 6.08 Å². The summed E-state index contributed by atoms with van der Waals surface area (Å²) in [6, 6.07) is 12.0. The molecule has 3 rings (SSSR count). The van der Waals surface area contributed by atoms with Gasteiger partial charge in [-0.1, -0.05) is 31.2 Å². The molecule has 0 atom stereocenters. The zero-order valence-corrected chi connectivity index (χ0v) is 13.6. The van der Waals surface area contributed by atoms with Gasteiger partial charge in [0.1, 0.15) is 0 Å². The average Bonchev–Trinajstić information content (AvgIpc) is 3.15. The summed E-state index contributed by atoms with van der Waals surface area (Å²) in [6.45, 7) is 4.40. The third-order valence-electron chi connectivity index (χ3n) is 4.35. The molecular weight excluding hydrogens is 284 g/mol. The molecule has 3 heteroatoms. The molecule has 23 heavy (non-hydrogen) atoms. The van der Waals surface area contributed by atoms with Crippen LogP contribution < -0.4 is 9.47 Å². The van der Waals surface area contributed by atoms with E-state index in [1.807, 2.05) is 47.4 Å². The van der Waals surface area contributed by atoms with Crippen LogP contribution in [0.1, 0.15) is 35.7 Å². The second-order valence-corrected chi connectivity index (χ2v) is 5.93. The Morgan fingerprint density at radius 1 is 1.09 bits per heavy atom. The topological polar surface area (TPSA) is 24.2 Å². The molecule has 0 radical (unpaired) electrons. The first-order valence-corrected chi connectivity index (χ1v) is 8.33. The van der Waals surface area contributed by atoms with Crippen molar-refractivity contribution in [2.45, 2.75) is 26.2 Å². The number of hydrogen-bond donors (Lipinski definition) is 0. The molecule has 3 nitrogen and oxygen atoms in total. The van der Waals surface area contributed by atoms with Crippen molar-refractivity contribution < 1.29 is 9.36 Å². The number of carbonyl (C=O) groups is 1. The lowest BCUT2D eigenvalue weighted by molar-refractivity contribution is -0.568. The summed E-state index contributed by atoms with van der Waals surface area (Å²) in [5.41, 5.74) is 3.23. The van der Waals surface area contributed by atoms with E-state index in [4.69, 9.17) is 0 Å². The number of pyridine rings is 1. The highest BCUT2D eigenvalue weighted by atomic mass is 16.1. The van der Waals surface area contributed by atoms with Gasteiger partial charge in [-0.05, 0) is 24.8 Å². The number of anilines is 1. The molecule has 2 heterocycles. The van der Waals surface area contributed by atoms with Gasteiger partial charge in [0.25, 0.3) is 0 Å². The predicted molar refractivity (Wildman–Crippen MR) is 93.6 cm³/mol. The van der Waals surface area contributed by atoms with Gasteiger partial charge in [0, 0.05) is 36.5 Å². The van der Waals surface area contributed by atoms with E-state index in [2.05, 4.69) is 24.0 Å². The molecule has 1 saturated heterocycles. The Morgan fingerprint density at radius 3 is 2.35 bits per heavy atom. The van der Waals surface area contributed by atoms with Crippen LogP contribution >= 0.6 is 0 Å². The lowest BCUT2D eigenvalue weighted by Crippen LogP contribution is -2.26. The van der Waals surface area contributed by atoms with E-state index in [1.165, 1.54) is 24.1 Å². The van der Waals surface area contributed by atoms with E-state index >= 15 is 0 Å². The number of nitrogens with zero attached hydrogens (tertiary/aromatic N) is 2. The standard InChI is InChI=1S/C20H23N2O/c1-2-17-5-7-18(8-6-17)20(23)11-16-21-14-9-19(10-15-21)22-12-3-4-13-22/h5-11,14-16H,2-4,12-13H2,1H3/q+1. The van der Waals surface area contributed by atoms with Gasteiger partial charge < -0.3 is 4.90 Å². The fraction of sp³-hybridized carbons (Fsp3) is 0.300. The van der Waals surface area contributed by atoms with Crippen molar-refractivity contribution in [1.29, 1.82) is 0 Å². The summed E-state index contributed by atoms with van der Waals surface area (Å²) in [6.07, 6.45) is 11.0. The molecule has 0 saturated carbocycles. The third-order valence-corrected chi connectivity index (χ3v) is 4.35. The normalized spacial score (nSPS) is 14.6. The molecule has 1 aliphatic rings. The van der Waals surface area contributed by atoms with E-state index in [-0.39, 0.29) is 5.78 Å². The highest BCUT2D eigenvalue weighted by molar-refractivity contribution is 6.05. The van der Waals surface area contributed by atoms with Crippen LogP contribution in [-0.4, -0.2) is 18.9 Å². The van der Waals surface area contributed by atoms with Gasteiger partial charge in [0.15, 0.2) is 24.4 Å². The second kappa shape index (κ2) is 7.23. The molecule has 0 spiro atoms. The molecule has 0 unspecified atom stereocenters. The first-order valence-electron chi connectivity index (χ1n) is 8.33. The van der Waals surface area contributed by atoms with Crippen molar-refractivity contribution in [3.8, 4) is 0 Å². The highest BCUT2D eigenvalue weighted by Crippen LogP contribution is 2.17. The summed E-state index contributed by atoms with van der Waals surface area (Å²) in [4.78, 5) is 14.6. The first-order chi connectivity index (χ1) is 11.3. The lowest BCUT2D eigenvalue weighted by Gasteiger charge is -2.15. The number of allylic oxidation sites excluding steroid dienone is 1. The quantitative estimate of drug-likeness (QED) is 0.480. The number of ketones is 1. The van der Waals surface area contributed by atoms with Crippen molar-refractivity contribution in [3.63, 3.8) is 0 Å². The number of hydrogen-bond acceptors (Lipinski definition) is 2. The van der Waals surface area contributed by atoms with Crippen molar-refractivity contribution in [3.05, 3.63) is 66.0 Å². The Morgan fingerprint density at radius 2 is 1.74 bits per heavy atom. The minimum absolute atomic E-state index is 0.0313. The number of aromatic nitrogens is 1. The molecule has 1 aromatic heterocycles. The minimum atomic E-state index is 0.0313. The van der Waals surface area contributed by atoms with Crippen LogP contribution in [0, 0.1) is 0 Å². The van der Waals surface area contributed by atoms with Crippen molar-refractivity contribution in [2.75, 3.05) is 18.0 Å². The maximum absolute atomic E-state index is 12.2. The van der Waals surface area contributed by atoms with E-state index in [9.17, 15) is 4.79 Å². The Bertz CT molecular complexity index is 681. The molecule has 118 valence electrons. The van der Waals surface area contributed by atoms with Gasteiger partial charge in [-0.2, -0.15) is 4.57 Å². The Labute approximate surface area is 137 Å². The smallest absolute Gasteiger partial charge is 0.191 e. The fourth-order valence-corrected chi connectivity index (χ4v) is 2.87. The van der Waals surface area contributed by atoms with E-state index < -0.39 is 0 Å². The van der Waals surface area contributed by atoms with Crippen LogP contribution in [0.5, 0.6) is 0 Å². The molecule has 0 bridgehead atoms. The number of benzene rings is 1. The SMILES string of the molecule is CCc1ccc(C(=O)C=C[n+]2ccc(N3CCCC3)cc2)cc1. The minimum Gasteiger partial charge on any atom is -0.371 e. The molecule has 0 N–H and O–H groups in total. The molecule has 2 aromatic rings. The number of aryl methyl sites for hydroxylation is 1. The zero-order valence-electron chi connectivity index (χ0n) is 13.6. The van der Waals surface area contributed by atoms with Crippen LogP contribution in [0.2, 0.25) is 0 Å². The monoisotopic (exact) mass is 307 g/mol. The lowest BCUT2D eigenvalue weighted by atomic mass is 10.1.